The number of hydrogen-bond acceptors (Lipinski definition) is 5. The molecule has 2 aromatic carbocycles. The molecular weight excluding hydrogens is 423 g/mol. The Morgan fingerprint density at radius 2 is 1.69 bits per heavy atom. The van der Waals surface area contributed by atoms with Crippen LogP contribution in [0.25, 0.3) is 0 Å². The number of rotatable bonds is 8. The van der Waals surface area contributed by atoms with E-state index in [9.17, 15) is 22.8 Å². The van der Waals surface area contributed by atoms with Crippen molar-refractivity contribution < 1.29 is 27.5 Å². The number of ketones is 1. The number of amides is 1. The average molecular weight is 447 g/mol. The maximum atomic E-state index is 12.8. The van der Waals surface area contributed by atoms with Crippen molar-refractivity contribution in [2.75, 3.05) is 36.5 Å². The largest absolute Gasteiger partial charge is 0.454 e. The van der Waals surface area contributed by atoms with Crippen molar-refractivity contribution in [2.24, 2.45) is 0 Å². The molecule has 6 nitrogen and oxygen atoms in total. The highest BCUT2D eigenvalue weighted by atomic mass is 19.4. The van der Waals surface area contributed by atoms with Gasteiger partial charge < -0.3 is 20.3 Å². The van der Waals surface area contributed by atoms with Crippen LogP contribution in [0.2, 0.25) is 0 Å². The van der Waals surface area contributed by atoms with Crippen LogP contribution in [0.3, 0.4) is 0 Å². The number of ether oxygens (including phenoxy) is 1. The first-order valence-electron chi connectivity index (χ1n) is 10.1. The normalized spacial score (nSPS) is 15.4. The summed E-state index contributed by atoms with van der Waals surface area (Å²) in [4.78, 5) is 26.1. The van der Waals surface area contributed by atoms with Crippen molar-refractivity contribution in [2.45, 2.75) is 18.6 Å². The van der Waals surface area contributed by atoms with E-state index in [4.69, 9.17) is 4.74 Å². The van der Waals surface area contributed by atoms with Crippen LogP contribution >= 0.6 is 0 Å². The molecule has 32 heavy (non-hydrogen) atoms. The summed E-state index contributed by atoms with van der Waals surface area (Å²) in [7, 11) is 0. The van der Waals surface area contributed by atoms with Crippen molar-refractivity contribution in [3.63, 3.8) is 0 Å². The molecule has 1 fully saturated rings. The van der Waals surface area contributed by atoms with E-state index < -0.39 is 23.9 Å². The monoisotopic (exact) mass is 447 g/mol. The highest BCUT2D eigenvalue weighted by molar-refractivity contribution is 5.96. The number of hydrogen-bond donors (Lipinski definition) is 2. The van der Waals surface area contributed by atoms with Gasteiger partial charge in [0.05, 0.1) is 13.2 Å². The van der Waals surface area contributed by atoms with Gasteiger partial charge in [0.1, 0.15) is 6.04 Å². The van der Waals surface area contributed by atoms with E-state index in [-0.39, 0.29) is 6.42 Å². The van der Waals surface area contributed by atoms with Gasteiger partial charge in [0.2, 0.25) is 5.91 Å². The van der Waals surface area contributed by atoms with Crippen molar-refractivity contribution in [1.82, 2.24) is 5.32 Å². The van der Waals surface area contributed by atoms with Gasteiger partial charge in [-0.05, 0) is 29.8 Å². The maximum Gasteiger partial charge on any atom is 0.454 e. The van der Waals surface area contributed by atoms with E-state index in [1.54, 1.807) is 24.3 Å². The molecule has 1 saturated heterocycles. The minimum absolute atomic E-state index is 0.225. The quantitative estimate of drug-likeness (QED) is 0.608. The number of nitrogens with one attached hydrogen (secondary N) is 2. The zero-order chi connectivity index (χ0) is 23.0. The Bertz CT molecular complexity index is 925. The Hall–Kier alpha value is -3.33. The second-order valence-corrected chi connectivity index (χ2v) is 7.24. The van der Waals surface area contributed by atoms with E-state index in [1.807, 2.05) is 30.3 Å². The molecule has 1 unspecified atom stereocenters. The zero-order valence-electron chi connectivity index (χ0n) is 17.3. The lowest BCUT2D eigenvalue weighted by Crippen LogP contribution is -2.40. The number of nitrogens with zero attached hydrogens (tertiary/aromatic N) is 1. The molecule has 1 atom stereocenters. The molecule has 0 aliphatic carbocycles. The minimum atomic E-state index is -4.96. The number of halogens is 3. The van der Waals surface area contributed by atoms with Gasteiger partial charge in [-0.25, -0.2) is 0 Å². The van der Waals surface area contributed by atoms with E-state index in [1.165, 1.54) is 0 Å². The molecule has 1 heterocycles. The molecule has 1 aliphatic heterocycles. The zero-order valence-corrected chi connectivity index (χ0v) is 17.3. The summed E-state index contributed by atoms with van der Waals surface area (Å²) in [6, 6.07) is 15.5. The third-order valence-corrected chi connectivity index (χ3v) is 4.92. The van der Waals surface area contributed by atoms with Crippen molar-refractivity contribution in [3.8, 4) is 0 Å². The van der Waals surface area contributed by atoms with Gasteiger partial charge in [-0.15, -0.1) is 0 Å². The van der Waals surface area contributed by atoms with Crippen molar-refractivity contribution in [1.29, 1.82) is 0 Å². The number of alkyl halides is 3. The molecule has 2 aromatic rings. The Morgan fingerprint density at radius 3 is 2.31 bits per heavy atom. The van der Waals surface area contributed by atoms with Gasteiger partial charge in [0, 0.05) is 43.2 Å². The standard InChI is InChI=1S/C23H24F3N3O3/c24-23(25,26)21(30)10-11-27-20(16-17-4-2-1-3-5-17)22(31)28-18-6-8-19(9-7-18)29-12-14-32-15-13-29/h1-11,20,27H,12-16H2,(H,28,31)/b11-10+. The Kier molecular flexibility index (Phi) is 7.88. The lowest BCUT2D eigenvalue weighted by molar-refractivity contribution is -0.165. The van der Waals surface area contributed by atoms with E-state index in [0.29, 0.717) is 25.0 Å². The molecule has 0 bridgehead atoms. The van der Waals surface area contributed by atoms with Crippen molar-refractivity contribution >= 4 is 23.1 Å². The first-order chi connectivity index (χ1) is 15.3. The van der Waals surface area contributed by atoms with Gasteiger partial charge >= 0.3 is 6.18 Å². The smallest absolute Gasteiger partial charge is 0.379 e. The summed E-state index contributed by atoms with van der Waals surface area (Å²) < 4.78 is 42.6. The predicted molar refractivity (Wildman–Crippen MR) is 115 cm³/mol. The van der Waals surface area contributed by atoms with Crippen LogP contribution in [0.15, 0.2) is 66.9 Å². The van der Waals surface area contributed by atoms with Crippen LogP contribution in [-0.2, 0) is 20.7 Å². The summed E-state index contributed by atoms with van der Waals surface area (Å²) in [6.07, 6.45) is -3.49. The SMILES string of the molecule is O=C(Nc1ccc(N2CCOCC2)cc1)C(Cc1ccccc1)N/C=C/C(=O)C(F)(F)F. The maximum absolute atomic E-state index is 12.8. The second kappa shape index (κ2) is 10.8. The van der Waals surface area contributed by atoms with Crippen LogP contribution in [0.1, 0.15) is 5.56 Å². The van der Waals surface area contributed by atoms with E-state index >= 15 is 0 Å². The first-order valence-corrected chi connectivity index (χ1v) is 10.1. The summed E-state index contributed by atoms with van der Waals surface area (Å²) in [6.45, 7) is 2.90. The van der Waals surface area contributed by atoms with Crippen LogP contribution in [0, 0.1) is 0 Å². The second-order valence-electron chi connectivity index (χ2n) is 7.24. The number of benzene rings is 2. The number of morpholine rings is 1. The van der Waals surface area contributed by atoms with Crippen LogP contribution in [0.4, 0.5) is 24.5 Å². The van der Waals surface area contributed by atoms with E-state index in [0.717, 1.165) is 30.5 Å². The lowest BCUT2D eigenvalue weighted by atomic mass is 10.1. The highest BCUT2D eigenvalue weighted by Gasteiger charge is 2.36. The Labute approximate surface area is 184 Å². The molecule has 1 amide bonds. The third-order valence-electron chi connectivity index (χ3n) is 4.92. The molecule has 0 saturated carbocycles. The van der Waals surface area contributed by atoms with Gasteiger partial charge in [-0.2, -0.15) is 13.2 Å². The lowest BCUT2D eigenvalue weighted by Gasteiger charge is -2.29. The molecule has 3 rings (SSSR count). The summed E-state index contributed by atoms with van der Waals surface area (Å²) in [5.74, 6) is -2.43. The van der Waals surface area contributed by atoms with Crippen LogP contribution in [0.5, 0.6) is 0 Å². The first kappa shape index (κ1) is 23.3. The molecule has 1 aliphatic rings. The predicted octanol–water partition coefficient (Wildman–Crippen LogP) is 3.31. The highest BCUT2D eigenvalue weighted by Crippen LogP contribution is 2.20. The topological polar surface area (TPSA) is 70.7 Å². The number of allylic oxidation sites excluding steroid dienone is 1. The summed E-state index contributed by atoms with van der Waals surface area (Å²) in [5.41, 5.74) is 2.39. The number of carbonyl (C=O) groups excluding carboxylic acids is 2. The Balaban J connectivity index is 1.66. The fourth-order valence-corrected chi connectivity index (χ4v) is 3.22. The summed E-state index contributed by atoms with van der Waals surface area (Å²) >= 11 is 0. The molecule has 170 valence electrons. The third kappa shape index (κ3) is 6.84. The fraction of sp³-hybridized carbons (Fsp3) is 0.304. The van der Waals surface area contributed by atoms with Gasteiger partial charge in [-0.1, -0.05) is 30.3 Å². The minimum Gasteiger partial charge on any atom is -0.379 e. The molecule has 0 radical (unpaired) electrons. The molecule has 2 N–H and O–H groups in total. The van der Waals surface area contributed by atoms with Crippen LogP contribution in [-0.4, -0.2) is 50.2 Å². The average Bonchev–Trinajstić information content (AvgIpc) is 2.79. The van der Waals surface area contributed by atoms with Crippen LogP contribution < -0.4 is 15.5 Å². The van der Waals surface area contributed by atoms with Gasteiger partial charge in [-0.3, -0.25) is 9.59 Å². The molecular formula is C23H24F3N3O3. The summed E-state index contributed by atoms with van der Waals surface area (Å²) in [5, 5.41) is 5.39. The molecule has 0 aromatic heterocycles. The Morgan fingerprint density at radius 1 is 1.03 bits per heavy atom. The molecule has 9 heteroatoms. The van der Waals surface area contributed by atoms with Gasteiger partial charge in [0.25, 0.3) is 5.78 Å². The number of anilines is 2. The van der Waals surface area contributed by atoms with E-state index in [2.05, 4.69) is 15.5 Å². The fourth-order valence-electron chi connectivity index (χ4n) is 3.22. The molecule has 0 spiro atoms. The van der Waals surface area contributed by atoms with Crippen molar-refractivity contribution in [3.05, 3.63) is 72.4 Å². The number of carbonyl (C=O) groups is 2. The van der Waals surface area contributed by atoms with Gasteiger partial charge in [0.15, 0.2) is 0 Å².